The number of aromatic nitrogens is 2. The molecule has 0 saturated heterocycles. The first-order valence-electron chi connectivity index (χ1n) is 12.6. The molecule has 0 fully saturated rings. The fraction of sp³-hybridized carbons (Fsp3) is 0.241. The molecule has 2 aromatic carbocycles. The number of hydrogen-bond acceptors (Lipinski definition) is 7. The van der Waals surface area contributed by atoms with E-state index in [4.69, 9.17) is 26.8 Å². The number of primary amides is 1. The van der Waals surface area contributed by atoms with E-state index in [2.05, 4.69) is 15.3 Å². The number of nitrogens with zero attached hydrogens (tertiary/aromatic N) is 2. The highest BCUT2D eigenvalue weighted by Gasteiger charge is 2.57. The van der Waals surface area contributed by atoms with E-state index in [1.807, 2.05) is 0 Å². The van der Waals surface area contributed by atoms with Gasteiger partial charge in [0.1, 0.15) is 40.5 Å². The Balaban J connectivity index is 1.61. The average molecular weight is 619 g/mol. The average Bonchev–Trinajstić information content (AvgIpc) is 3.33. The van der Waals surface area contributed by atoms with Crippen molar-refractivity contribution in [2.75, 3.05) is 20.3 Å². The largest absolute Gasteiger partial charge is 0.494 e. The minimum Gasteiger partial charge on any atom is -0.494 e. The lowest BCUT2D eigenvalue weighted by Gasteiger charge is -2.31. The van der Waals surface area contributed by atoms with Gasteiger partial charge in [0.05, 0.1) is 24.4 Å². The number of methoxy groups -OCH3 is 1. The summed E-state index contributed by atoms with van der Waals surface area (Å²) in [6.07, 6.45) is -3.87. The van der Waals surface area contributed by atoms with E-state index in [-0.39, 0.29) is 45.5 Å². The summed E-state index contributed by atoms with van der Waals surface area (Å²) >= 11 is 5.92. The smallest absolute Gasteiger partial charge is 0.424 e. The monoisotopic (exact) mass is 618 g/mol. The van der Waals surface area contributed by atoms with Gasteiger partial charge in [-0.25, -0.2) is 9.37 Å². The van der Waals surface area contributed by atoms with Crippen LogP contribution in [0, 0.1) is 5.82 Å². The summed E-state index contributed by atoms with van der Waals surface area (Å²) in [7, 11) is 1.35. The van der Waals surface area contributed by atoms with Crippen molar-refractivity contribution >= 4 is 34.3 Å². The number of ether oxygens (including phenoxy) is 2. The zero-order valence-electron chi connectivity index (χ0n) is 22.6. The normalized spacial score (nSPS) is 17.6. The van der Waals surface area contributed by atoms with E-state index in [0.29, 0.717) is 10.9 Å². The van der Waals surface area contributed by atoms with Crippen LogP contribution < -0.4 is 20.5 Å². The van der Waals surface area contributed by atoms with E-state index in [0.717, 1.165) is 18.2 Å². The lowest BCUT2D eigenvalue weighted by molar-refractivity contribution is -0.265. The number of fused-ring (bicyclic) bond motifs is 2. The predicted molar refractivity (Wildman–Crippen MR) is 147 cm³/mol. The zero-order valence-corrected chi connectivity index (χ0v) is 23.3. The van der Waals surface area contributed by atoms with Crippen LogP contribution in [0.15, 0.2) is 54.7 Å². The molecule has 5 rings (SSSR count). The minimum atomic E-state index is -5.38. The van der Waals surface area contributed by atoms with Crippen molar-refractivity contribution in [1.29, 1.82) is 0 Å². The van der Waals surface area contributed by atoms with Crippen LogP contribution in [-0.4, -0.2) is 53.3 Å². The molecule has 1 unspecified atom stereocenters. The van der Waals surface area contributed by atoms with Crippen LogP contribution in [0.2, 0.25) is 5.02 Å². The summed E-state index contributed by atoms with van der Waals surface area (Å²) in [6.45, 7) is -0.334. The maximum atomic E-state index is 14.7. The van der Waals surface area contributed by atoms with Crippen LogP contribution in [0.4, 0.5) is 17.6 Å². The van der Waals surface area contributed by atoms with Crippen molar-refractivity contribution in [3.05, 3.63) is 82.4 Å². The first-order chi connectivity index (χ1) is 20.2. The standard InChI is InChI=1S/C29H23ClF4N4O5/c1-27(26(35)40)13-43-24-17(27)11-21(38-23(24)15-5-6-19(31)18(30)9-15)28(41,29(32,33)34)12-37-25(39)16-8-14-4-3-7-36-22(14)20(10-16)42-2/h3-11,41H,12-13H2,1-2H3,(H2,35,40)(H,37,39)/t27-,28?/m0/s1. The molecule has 2 atom stereocenters. The van der Waals surface area contributed by atoms with E-state index < -0.39 is 47.1 Å². The highest BCUT2D eigenvalue weighted by Crippen LogP contribution is 2.48. The highest BCUT2D eigenvalue weighted by molar-refractivity contribution is 6.31. The molecular formula is C29H23ClF4N4O5. The first-order valence-corrected chi connectivity index (χ1v) is 13.0. The minimum absolute atomic E-state index is 0.0450. The third kappa shape index (κ3) is 5.08. The Kier molecular flexibility index (Phi) is 7.43. The Hall–Kier alpha value is -4.49. The van der Waals surface area contributed by atoms with Crippen molar-refractivity contribution in [2.24, 2.45) is 5.73 Å². The number of benzene rings is 2. The number of alkyl halides is 3. The third-order valence-electron chi connectivity index (χ3n) is 7.36. The Labute approximate surface area is 246 Å². The second-order valence-corrected chi connectivity index (χ2v) is 10.5. The molecule has 0 spiro atoms. The van der Waals surface area contributed by atoms with Crippen LogP contribution in [0.5, 0.6) is 11.5 Å². The molecule has 43 heavy (non-hydrogen) atoms. The number of carbonyl (C=O) groups excluding carboxylic acids is 2. The molecule has 0 radical (unpaired) electrons. The molecule has 1 aliphatic heterocycles. The number of amides is 2. The molecule has 3 heterocycles. The third-order valence-corrected chi connectivity index (χ3v) is 7.65. The lowest BCUT2D eigenvalue weighted by atomic mass is 9.81. The number of nitrogens with one attached hydrogen (secondary N) is 1. The van der Waals surface area contributed by atoms with Gasteiger partial charge in [0.2, 0.25) is 11.5 Å². The molecule has 14 heteroatoms. The molecule has 1 aliphatic rings. The van der Waals surface area contributed by atoms with Gasteiger partial charge in [-0.3, -0.25) is 14.6 Å². The topological polar surface area (TPSA) is 137 Å². The van der Waals surface area contributed by atoms with Crippen molar-refractivity contribution in [1.82, 2.24) is 15.3 Å². The second kappa shape index (κ2) is 10.7. The molecule has 2 amide bonds. The van der Waals surface area contributed by atoms with Crippen molar-refractivity contribution in [2.45, 2.75) is 24.1 Å². The number of nitrogens with two attached hydrogens (primary N) is 1. The fourth-order valence-electron chi connectivity index (χ4n) is 4.73. The molecule has 4 N–H and O–H groups in total. The summed E-state index contributed by atoms with van der Waals surface area (Å²) < 4.78 is 68.8. The number of aliphatic hydroxyl groups is 1. The molecule has 0 aliphatic carbocycles. The van der Waals surface area contributed by atoms with Gasteiger partial charge in [0, 0.05) is 28.3 Å². The molecule has 4 aromatic rings. The van der Waals surface area contributed by atoms with Crippen LogP contribution in [0.1, 0.15) is 28.5 Å². The van der Waals surface area contributed by atoms with Crippen LogP contribution >= 0.6 is 11.6 Å². The summed E-state index contributed by atoms with van der Waals surface area (Å²) in [6, 6.07) is 10.1. The number of hydrogen-bond donors (Lipinski definition) is 3. The van der Waals surface area contributed by atoms with E-state index in [1.54, 1.807) is 12.1 Å². The maximum Gasteiger partial charge on any atom is 0.424 e. The van der Waals surface area contributed by atoms with E-state index >= 15 is 0 Å². The Morgan fingerprint density at radius 1 is 1.21 bits per heavy atom. The SMILES string of the molecule is COc1cc(C(=O)NCC(O)(c2cc3c(c(-c4ccc(F)c(Cl)c4)n2)OC[C@]3(C)C(N)=O)C(F)(F)F)cc2cccnc12. The predicted octanol–water partition coefficient (Wildman–Crippen LogP) is 4.41. The Morgan fingerprint density at radius 3 is 2.60 bits per heavy atom. The van der Waals surface area contributed by atoms with Crippen LogP contribution in [-0.2, 0) is 15.8 Å². The number of carbonyl (C=O) groups is 2. The van der Waals surface area contributed by atoms with Crippen LogP contribution in [0.3, 0.4) is 0 Å². The lowest BCUT2D eigenvalue weighted by Crippen LogP contribution is -2.51. The van der Waals surface area contributed by atoms with Gasteiger partial charge in [-0.05, 0) is 49.4 Å². The maximum absolute atomic E-state index is 14.7. The van der Waals surface area contributed by atoms with Crippen LogP contribution in [0.25, 0.3) is 22.2 Å². The summed E-state index contributed by atoms with van der Waals surface area (Å²) in [5.41, 5.74) is -0.654. The molecule has 0 saturated carbocycles. The quantitative estimate of drug-likeness (QED) is 0.261. The first kappa shape index (κ1) is 30.0. The van der Waals surface area contributed by atoms with E-state index in [1.165, 1.54) is 38.4 Å². The van der Waals surface area contributed by atoms with Crippen molar-refractivity contribution < 1.29 is 41.7 Å². The Morgan fingerprint density at radius 2 is 1.95 bits per heavy atom. The fourth-order valence-corrected chi connectivity index (χ4v) is 4.91. The van der Waals surface area contributed by atoms with Gasteiger partial charge in [-0.15, -0.1) is 0 Å². The molecule has 9 nitrogen and oxygen atoms in total. The highest BCUT2D eigenvalue weighted by atomic mass is 35.5. The van der Waals surface area contributed by atoms with Gasteiger partial charge in [-0.1, -0.05) is 17.7 Å². The van der Waals surface area contributed by atoms with Gasteiger partial charge in [-0.2, -0.15) is 13.2 Å². The number of halogens is 5. The molecule has 224 valence electrons. The zero-order chi connectivity index (χ0) is 31.3. The summed E-state index contributed by atoms with van der Waals surface area (Å²) in [4.78, 5) is 33.7. The molecule has 0 bridgehead atoms. The summed E-state index contributed by atoms with van der Waals surface area (Å²) in [5, 5.41) is 13.5. The van der Waals surface area contributed by atoms with Gasteiger partial charge in [0.15, 0.2) is 0 Å². The van der Waals surface area contributed by atoms with Crippen molar-refractivity contribution in [3.63, 3.8) is 0 Å². The van der Waals surface area contributed by atoms with Gasteiger partial charge < -0.3 is 25.6 Å². The molecule has 2 aromatic heterocycles. The van der Waals surface area contributed by atoms with Crippen molar-refractivity contribution in [3.8, 4) is 22.8 Å². The summed E-state index contributed by atoms with van der Waals surface area (Å²) in [5.74, 6) is -2.53. The Bertz CT molecular complexity index is 1790. The van der Waals surface area contributed by atoms with Gasteiger partial charge in [0.25, 0.3) is 5.91 Å². The molecular weight excluding hydrogens is 596 g/mol. The number of rotatable bonds is 7. The number of pyridine rings is 2. The van der Waals surface area contributed by atoms with E-state index in [9.17, 15) is 32.3 Å². The second-order valence-electron chi connectivity index (χ2n) is 10.1. The van der Waals surface area contributed by atoms with Gasteiger partial charge >= 0.3 is 6.18 Å².